The number of nitrogens with zero attached hydrogens (tertiary/aromatic N) is 2. The lowest BCUT2D eigenvalue weighted by molar-refractivity contribution is 0.0600. The maximum Gasteiger partial charge on any atom is 0.337 e. The van der Waals surface area contributed by atoms with Gasteiger partial charge in [-0.3, -0.25) is 9.78 Å². The summed E-state index contributed by atoms with van der Waals surface area (Å²) in [6, 6.07) is 20.8. The molecule has 1 N–H and O–H groups in total. The van der Waals surface area contributed by atoms with Gasteiger partial charge in [0.05, 0.1) is 33.8 Å². The topological polar surface area (TPSA) is 71.5 Å². The number of esters is 1. The van der Waals surface area contributed by atoms with Crippen LogP contribution >= 0.6 is 23.2 Å². The lowest BCUT2D eigenvalue weighted by atomic mass is 10.00. The molecule has 0 bridgehead atoms. The Morgan fingerprint density at radius 1 is 0.973 bits per heavy atom. The van der Waals surface area contributed by atoms with Crippen molar-refractivity contribution in [1.82, 2.24) is 10.3 Å². The number of piperidine rings is 1. The second kappa shape index (κ2) is 10.8. The molecule has 5 rings (SSSR count). The fourth-order valence-corrected chi connectivity index (χ4v) is 5.10. The summed E-state index contributed by atoms with van der Waals surface area (Å²) in [5.74, 6) is -0.555. The average Bonchev–Trinajstić information content (AvgIpc) is 2.94. The number of fused-ring (bicyclic) bond motifs is 1. The second-order valence-corrected chi connectivity index (χ2v) is 9.75. The van der Waals surface area contributed by atoms with E-state index in [0.717, 1.165) is 53.6 Å². The van der Waals surface area contributed by atoms with Gasteiger partial charge in [-0.1, -0.05) is 53.5 Å². The summed E-state index contributed by atoms with van der Waals surface area (Å²) in [6.45, 7) is 1.62. The number of benzene rings is 3. The zero-order valence-electron chi connectivity index (χ0n) is 20.2. The maximum atomic E-state index is 12.7. The van der Waals surface area contributed by atoms with Gasteiger partial charge < -0.3 is 15.0 Å². The molecule has 2 heterocycles. The summed E-state index contributed by atoms with van der Waals surface area (Å²) in [4.78, 5) is 31.4. The normalized spacial score (nSPS) is 14.0. The molecule has 4 aromatic rings. The van der Waals surface area contributed by atoms with Crippen LogP contribution in [0.25, 0.3) is 22.0 Å². The highest BCUT2D eigenvalue weighted by Gasteiger charge is 2.23. The van der Waals surface area contributed by atoms with E-state index in [-0.39, 0.29) is 22.9 Å². The SMILES string of the molecule is COC(=O)c1ccc(-c2ccc3c(N4CCC(NC(=O)c5cccc(Cl)c5Cl)CC4)ccnc3c2)cc1. The predicted octanol–water partition coefficient (Wildman–Crippen LogP) is 6.39. The van der Waals surface area contributed by atoms with Crippen molar-refractivity contribution in [3.05, 3.63) is 94.1 Å². The van der Waals surface area contributed by atoms with Crippen molar-refractivity contribution in [2.24, 2.45) is 0 Å². The van der Waals surface area contributed by atoms with Crippen molar-refractivity contribution in [2.75, 3.05) is 25.1 Å². The van der Waals surface area contributed by atoms with E-state index in [1.54, 1.807) is 30.3 Å². The highest BCUT2D eigenvalue weighted by atomic mass is 35.5. The van der Waals surface area contributed by atoms with E-state index in [1.807, 2.05) is 24.4 Å². The number of aromatic nitrogens is 1. The van der Waals surface area contributed by atoms with Crippen molar-refractivity contribution < 1.29 is 14.3 Å². The van der Waals surface area contributed by atoms with E-state index in [2.05, 4.69) is 33.4 Å². The number of hydrogen-bond donors (Lipinski definition) is 1. The Kier molecular flexibility index (Phi) is 7.31. The minimum absolute atomic E-state index is 0.0615. The van der Waals surface area contributed by atoms with E-state index < -0.39 is 0 Å². The average molecular weight is 534 g/mol. The zero-order valence-corrected chi connectivity index (χ0v) is 21.7. The van der Waals surface area contributed by atoms with E-state index in [9.17, 15) is 9.59 Å². The molecule has 0 spiro atoms. The molecule has 188 valence electrons. The Morgan fingerprint density at radius 2 is 1.70 bits per heavy atom. The Labute approximate surface area is 225 Å². The number of carbonyl (C=O) groups is 2. The molecule has 0 atom stereocenters. The molecule has 1 amide bonds. The minimum atomic E-state index is -0.354. The number of pyridine rings is 1. The molecule has 3 aromatic carbocycles. The van der Waals surface area contributed by atoms with Gasteiger partial charge >= 0.3 is 5.97 Å². The molecule has 0 radical (unpaired) electrons. The number of halogens is 2. The van der Waals surface area contributed by atoms with Crippen LogP contribution in [0.1, 0.15) is 33.6 Å². The first-order valence-electron chi connectivity index (χ1n) is 12.0. The lowest BCUT2D eigenvalue weighted by Crippen LogP contribution is -2.44. The highest BCUT2D eigenvalue weighted by molar-refractivity contribution is 6.43. The summed E-state index contributed by atoms with van der Waals surface area (Å²) in [5.41, 5.74) is 4.96. The lowest BCUT2D eigenvalue weighted by Gasteiger charge is -2.34. The molecule has 8 heteroatoms. The molecule has 1 aliphatic heterocycles. The first kappa shape index (κ1) is 25.1. The van der Waals surface area contributed by atoms with Gasteiger partial charge in [0.1, 0.15) is 0 Å². The number of carbonyl (C=O) groups excluding carboxylic acids is 2. The quantitative estimate of drug-likeness (QED) is 0.301. The van der Waals surface area contributed by atoms with Crippen LogP contribution in [0.5, 0.6) is 0 Å². The molecule has 0 saturated carbocycles. The van der Waals surface area contributed by atoms with Crippen molar-refractivity contribution in [2.45, 2.75) is 18.9 Å². The Bertz CT molecular complexity index is 1470. The van der Waals surface area contributed by atoms with Gasteiger partial charge in [-0.05, 0) is 60.4 Å². The third-order valence-electron chi connectivity index (χ3n) is 6.73. The van der Waals surface area contributed by atoms with Crippen molar-refractivity contribution in [1.29, 1.82) is 0 Å². The number of ether oxygens (including phenoxy) is 1. The number of methoxy groups -OCH3 is 1. The number of nitrogens with one attached hydrogen (secondary N) is 1. The number of amides is 1. The van der Waals surface area contributed by atoms with Crippen molar-refractivity contribution in [3.63, 3.8) is 0 Å². The van der Waals surface area contributed by atoms with Gasteiger partial charge in [-0.25, -0.2) is 4.79 Å². The number of rotatable bonds is 5. The van der Waals surface area contributed by atoms with Gasteiger partial charge in [0.25, 0.3) is 5.91 Å². The molecular formula is C29H25Cl2N3O3. The molecule has 37 heavy (non-hydrogen) atoms. The fourth-order valence-electron chi connectivity index (χ4n) is 4.71. The van der Waals surface area contributed by atoms with Crippen LogP contribution in [0.3, 0.4) is 0 Å². The molecular weight excluding hydrogens is 509 g/mol. The van der Waals surface area contributed by atoms with Crippen LogP contribution in [-0.2, 0) is 4.74 Å². The smallest absolute Gasteiger partial charge is 0.337 e. The van der Waals surface area contributed by atoms with Crippen LogP contribution in [0, 0.1) is 0 Å². The molecule has 1 saturated heterocycles. The Balaban J connectivity index is 1.28. The van der Waals surface area contributed by atoms with Crippen LogP contribution in [0.15, 0.2) is 72.9 Å². The van der Waals surface area contributed by atoms with Crippen LogP contribution < -0.4 is 10.2 Å². The predicted molar refractivity (Wildman–Crippen MR) is 148 cm³/mol. The van der Waals surface area contributed by atoms with Crippen LogP contribution in [-0.4, -0.2) is 43.1 Å². The van der Waals surface area contributed by atoms with Crippen molar-refractivity contribution >= 4 is 51.7 Å². The Hall–Kier alpha value is -3.61. The van der Waals surface area contributed by atoms with E-state index in [4.69, 9.17) is 27.9 Å². The van der Waals surface area contributed by atoms with E-state index >= 15 is 0 Å². The molecule has 1 aliphatic rings. The first-order chi connectivity index (χ1) is 17.9. The molecule has 1 fully saturated rings. The zero-order chi connectivity index (χ0) is 25.9. The van der Waals surface area contributed by atoms with Crippen LogP contribution in [0.2, 0.25) is 10.0 Å². The number of anilines is 1. The second-order valence-electron chi connectivity index (χ2n) is 8.97. The summed E-state index contributed by atoms with van der Waals surface area (Å²) in [6.07, 6.45) is 3.47. The highest BCUT2D eigenvalue weighted by Crippen LogP contribution is 2.32. The fraction of sp³-hybridized carbons (Fsp3) is 0.207. The van der Waals surface area contributed by atoms with Gasteiger partial charge in [-0.2, -0.15) is 0 Å². The van der Waals surface area contributed by atoms with Gasteiger partial charge in [0.15, 0.2) is 0 Å². The van der Waals surface area contributed by atoms with Crippen molar-refractivity contribution in [3.8, 4) is 11.1 Å². The molecule has 6 nitrogen and oxygen atoms in total. The largest absolute Gasteiger partial charge is 0.465 e. The summed E-state index contributed by atoms with van der Waals surface area (Å²) < 4.78 is 4.78. The molecule has 0 aliphatic carbocycles. The maximum absolute atomic E-state index is 12.7. The van der Waals surface area contributed by atoms with Gasteiger partial charge in [-0.15, -0.1) is 0 Å². The Morgan fingerprint density at radius 3 is 2.43 bits per heavy atom. The third-order valence-corrected chi connectivity index (χ3v) is 7.55. The third kappa shape index (κ3) is 5.26. The monoisotopic (exact) mass is 533 g/mol. The molecule has 1 aromatic heterocycles. The van der Waals surface area contributed by atoms with Gasteiger partial charge in [0, 0.05) is 36.4 Å². The van der Waals surface area contributed by atoms with E-state index in [0.29, 0.717) is 16.1 Å². The van der Waals surface area contributed by atoms with E-state index in [1.165, 1.54) is 7.11 Å². The summed E-state index contributed by atoms with van der Waals surface area (Å²) in [5, 5.41) is 4.83. The first-order valence-corrected chi connectivity index (χ1v) is 12.8. The number of hydrogen-bond acceptors (Lipinski definition) is 5. The van der Waals surface area contributed by atoms with Crippen LogP contribution in [0.4, 0.5) is 5.69 Å². The standard InChI is InChI=1S/C29H25Cl2N3O3/c1-37-29(36)19-7-5-18(6-8-19)20-9-10-22-25(17-20)32-14-11-26(22)34-15-12-21(13-16-34)33-28(35)23-3-2-4-24(30)27(23)31/h2-11,14,17,21H,12-13,15-16H2,1H3,(H,33,35). The molecule has 0 unspecified atom stereocenters. The minimum Gasteiger partial charge on any atom is -0.465 e. The summed E-state index contributed by atoms with van der Waals surface area (Å²) in [7, 11) is 1.37. The summed E-state index contributed by atoms with van der Waals surface area (Å²) >= 11 is 12.3. The van der Waals surface area contributed by atoms with Gasteiger partial charge in [0.2, 0.25) is 0 Å².